The van der Waals surface area contributed by atoms with Crippen LogP contribution >= 0.6 is 0 Å². The van der Waals surface area contributed by atoms with Crippen LogP contribution in [0.15, 0.2) is 12.3 Å². The molecule has 0 unspecified atom stereocenters. The van der Waals surface area contributed by atoms with Crippen molar-refractivity contribution in [3.63, 3.8) is 0 Å². The summed E-state index contributed by atoms with van der Waals surface area (Å²) >= 11 is 0. The fourth-order valence-corrected chi connectivity index (χ4v) is 1.49. The largest absolute Gasteiger partial charge is 0.382 e. The van der Waals surface area contributed by atoms with Gasteiger partial charge in [0.05, 0.1) is 11.4 Å². The van der Waals surface area contributed by atoms with Crippen molar-refractivity contribution in [2.24, 2.45) is 0 Å². The van der Waals surface area contributed by atoms with Gasteiger partial charge in [-0.05, 0) is 20.8 Å². The van der Waals surface area contributed by atoms with Crippen LogP contribution in [0.1, 0.15) is 25.6 Å². The number of nitrogen functional groups attached to an aromatic ring is 1. The minimum absolute atomic E-state index is 0.359. The van der Waals surface area contributed by atoms with E-state index in [2.05, 4.69) is 29.1 Å². The summed E-state index contributed by atoms with van der Waals surface area (Å²) in [6.07, 6.45) is 2.01. The third-order valence-electron chi connectivity index (χ3n) is 2.33. The Morgan fingerprint density at radius 2 is 2.20 bits per heavy atom. The molecule has 5 nitrogen and oxygen atoms in total. The van der Waals surface area contributed by atoms with E-state index < -0.39 is 0 Å². The molecule has 0 bridgehead atoms. The third-order valence-corrected chi connectivity index (χ3v) is 2.33. The zero-order valence-corrected chi connectivity index (χ0v) is 9.15. The molecule has 0 spiro atoms. The first-order valence-electron chi connectivity index (χ1n) is 4.95. The van der Waals surface area contributed by atoms with Gasteiger partial charge in [-0.15, -0.1) is 0 Å². The van der Waals surface area contributed by atoms with E-state index in [-0.39, 0.29) is 0 Å². The number of aromatic amines is 1. The fraction of sp³-hybridized carbons (Fsp3) is 0.400. The van der Waals surface area contributed by atoms with Crippen molar-refractivity contribution in [3.05, 3.63) is 18.0 Å². The monoisotopic (exact) mass is 205 g/mol. The molecule has 2 aromatic rings. The summed E-state index contributed by atoms with van der Waals surface area (Å²) in [4.78, 5) is 0. The molecule has 0 amide bonds. The molecule has 2 aromatic heterocycles. The molecule has 5 heteroatoms. The highest BCUT2D eigenvalue weighted by Gasteiger charge is 2.10. The van der Waals surface area contributed by atoms with Gasteiger partial charge in [-0.3, -0.25) is 9.78 Å². The van der Waals surface area contributed by atoms with Crippen molar-refractivity contribution < 1.29 is 0 Å². The number of nitrogens with one attached hydrogen (secondary N) is 1. The summed E-state index contributed by atoms with van der Waals surface area (Å²) in [7, 11) is 0. The van der Waals surface area contributed by atoms with Gasteiger partial charge in [0, 0.05) is 23.9 Å². The highest BCUT2D eigenvalue weighted by Crippen LogP contribution is 2.22. The molecule has 2 heterocycles. The normalized spacial score (nSPS) is 11.2. The molecule has 15 heavy (non-hydrogen) atoms. The third kappa shape index (κ3) is 1.72. The van der Waals surface area contributed by atoms with Crippen molar-refractivity contribution in [1.82, 2.24) is 20.0 Å². The highest BCUT2D eigenvalue weighted by atomic mass is 15.3. The minimum atomic E-state index is 0.359. The quantitative estimate of drug-likeness (QED) is 0.784. The van der Waals surface area contributed by atoms with Crippen LogP contribution < -0.4 is 5.73 Å². The Morgan fingerprint density at radius 1 is 1.47 bits per heavy atom. The van der Waals surface area contributed by atoms with Crippen molar-refractivity contribution in [3.8, 4) is 11.3 Å². The summed E-state index contributed by atoms with van der Waals surface area (Å²) in [5.41, 5.74) is 8.50. The first-order valence-corrected chi connectivity index (χ1v) is 4.95. The van der Waals surface area contributed by atoms with Gasteiger partial charge in [0.15, 0.2) is 0 Å². The van der Waals surface area contributed by atoms with E-state index in [9.17, 15) is 0 Å². The fourth-order valence-electron chi connectivity index (χ4n) is 1.49. The first kappa shape index (κ1) is 9.76. The number of aromatic nitrogens is 4. The average molecular weight is 205 g/mol. The van der Waals surface area contributed by atoms with Crippen LogP contribution in [-0.2, 0) is 0 Å². The Labute approximate surface area is 88.3 Å². The molecule has 0 aromatic carbocycles. The summed E-state index contributed by atoms with van der Waals surface area (Å²) in [6.45, 7) is 6.17. The van der Waals surface area contributed by atoms with Crippen LogP contribution in [0.2, 0.25) is 0 Å². The van der Waals surface area contributed by atoms with Gasteiger partial charge in [0.1, 0.15) is 5.82 Å². The number of nitrogens with zero attached hydrogens (tertiary/aromatic N) is 3. The van der Waals surface area contributed by atoms with Crippen molar-refractivity contribution in [2.45, 2.75) is 26.8 Å². The number of nitrogens with two attached hydrogens (primary N) is 1. The molecule has 2 rings (SSSR count). The van der Waals surface area contributed by atoms with E-state index in [4.69, 9.17) is 5.73 Å². The Hall–Kier alpha value is -1.78. The Kier molecular flexibility index (Phi) is 2.22. The zero-order valence-electron chi connectivity index (χ0n) is 9.15. The Morgan fingerprint density at radius 3 is 2.67 bits per heavy atom. The van der Waals surface area contributed by atoms with E-state index in [0.717, 1.165) is 17.0 Å². The molecule has 0 saturated heterocycles. The highest BCUT2D eigenvalue weighted by molar-refractivity contribution is 5.63. The molecule has 0 radical (unpaired) electrons. The summed E-state index contributed by atoms with van der Waals surface area (Å²) in [5.74, 6) is 0.502. The summed E-state index contributed by atoms with van der Waals surface area (Å²) < 4.78 is 1.93. The SMILES string of the molecule is Cc1nn(C(C)C)cc1-c1cc(N)n[nH]1. The maximum Gasteiger partial charge on any atom is 0.145 e. The van der Waals surface area contributed by atoms with Crippen LogP contribution in [0.3, 0.4) is 0 Å². The molecule has 0 atom stereocenters. The van der Waals surface area contributed by atoms with Gasteiger partial charge in [-0.1, -0.05) is 0 Å². The van der Waals surface area contributed by atoms with Crippen molar-refractivity contribution in [1.29, 1.82) is 0 Å². The van der Waals surface area contributed by atoms with E-state index in [1.165, 1.54) is 0 Å². The van der Waals surface area contributed by atoms with E-state index in [1.807, 2.05) is 23.9 Å². The predicted octanol–water partition coefficient (Wildman–Crippen LogP) is 1.74. The minimum Gasteiger partial charge on any atom is -0.382 e. The van der Waals surface area contributed by atoms with Crippen molar-refractivity contribution >= 4 is 5.82 Å². The topological polar surface area (TPSA) is 72.5 Å². The average Bonchev–Trinajstić information content (AvgIpc) is 2.71. The van der Waals surface area contributed by atoms with Gasteiger partial charge in [-0.25, -0.2) is 0 Å². The van der Waals surface area contributed by atoms with Gasteiger partial charge < -0.3 is 5.73 Å². The van der Waals surface area contributed by atoms with E-state index in [1.54, 1.807) is 0 Å². The lowest BCUT2D eigenvalue weighted by molar-refractivity contribution is 0.529. The van der Waals surface area contributed by atoms with Crippen LogP contribution in [0.4, 0.5) is 5.82 Å². The molecular formula is C10H15N5. The number of anilines is 1. The number of rotatable bonds is 2. The maximum atomic E-state index is 5.56. The molecule has 80 valence electrons. The van der Waals surface area contributed by atoms with Crippen LogP contribution in [0.5, 0.6) is 0 Å². The second-order valence-electron chi connectivity index (χ2n) is 3.91. The molecular weight excluding hydrogens is 190 g/mol. The Balaban J connectivity index is 2.44. The Bertz CT molecular complexity index is 466. The first-order chi connectivity index (χ1) is 7.08. The van der Waals surface area contributed by atoms with Crippen molar-refractivity contribution in [2.75, 3.05) is 5.73 Å². The predicted molar refractivity (Wildman–Crippen MR) is 59.3 cm³/mol. The van der Waals surface area contributed by atoms with Crippen LogP contribution in [0, 0.1) is 6.92 Å². The van der Waals surface area contributed by atoms with E-state index >= 15 is 0 Å². The summed E-state index contributed by atoms with van der Waals surface area (Å²) in [6, 6.07) is 2.17. The molecule has 0 saturated carbocycles. The lowest BCUT2D eigenvalue weighted by Crippen LogP contribution is -2.00. The smallest absolute Gasteiger partial charge is 0.145 e. The summed E-state index contributed by atoms with van der Waals surface area (Å²) in [5, 5.41) is 11.2. The van der Waals surface area contributed by atoms with E-state index in [0.29, 0.717) is 11.9 Å². The van der Waals surface area contributed by atoms with Crippen LogP contribution in [0.25, 0.3) is 11.3 Å². The molecule has 3 N–H and O–H groups in total. The zero-order chi connectivity index (χ0) is 11.0. The molecule has 0 fully saturated rings. The maximum absolute atomic E-state index is 5.56. The van der Waals surface area contributed by atoms with Gasteiger partial charge in [-0.2, -0.15) is 10.2 Å². The number of hydrogen-bond donors (Lipinski definition) is 2. The van der Waals surface area contributed by atoms with Gasteiger partial charge in [0.25, 0.3) is 0 Å². The molecule has 0 aliphatic rings. The standard InChI is InChI=1S/C10H15N5/c1-6(2)15-5-8(7(3)14-15)9-4-10(11)13-12-9/h4-6H,1-3H3,(H3,11,12,13). The number of aryl methyl sites for hydroxylation is 1. The number of hydrogen-bond acceptors (Lipinski definition) is 3. The van der Waals surface area contributed by atoms with Gasteiger partial charge >= 0.3 is 0 Å². The van der Waals surface area contributed by atoms with Crippen LogP contribution in [-0.4, -0.2) is 20.0 Å². The number of H-pyrrole nitrogens is 1. The second-order valence-corrected chi connectivity index (χ2v) is 3.91. The molecule has 0 aliphatic carbocycles. The second kappa shape index (κ2) is 3.42. The lowest BCUT2D eigenvalue weighted by atomic mass is 10.2. The molecule has 0 aliphatic heterocycles. The lowest BCUT2D eigenvalue weighted by Gasteiger charge is -2.02. The van der Waals surface area contributed by atoms with Gasteiger partial charge in [0.2, 0.25) is 0 Å².